The third-order valence-electron chi connectivity index (χ3n) is 3.61. The van der Waals surface area contributed by atoms with E-state index in [1.54, 1.807) is 4.90 Å². The van der Waals surface area contributed by atoms with Crippen LogP contribution in [0.4, 0.5) is 0 Å². The number of β-amino-alcohol motifs (C(OH)–C–C–N with tert-alkyl or cyclic N) is 1. The van der Waals surface area contributed by atoms with Crippen LogP contribution in [0.3, 0.4) is 0 Å². The standard InChI is InChI=1S/C11H18N2O3/c1-7(2)11(16)5-13(6-11)10(15)8-3-4-9(14)12-8/h7-8,16H,3-6H2,1-2H3,(H,12,14)/t8-/m1/s1. The summed E-state index contributed by atoms with van der Waals surface area (Å²) in [6.45, 7) is 4.66. The maximum Gasteiger partial charge on any atom is 0.245 e. The predicted octanol–water partition coefficient (Wildman–Crippen LogP) is -0.506. The fraction of sp³-hybridized carbons (Fsp3) is 0.818. The first kappa shape index (κ1) is 11.4. The first-order chi connectivity index (χ1) is 7.42. The molecule has 5 nitrogen and oxygen atoms in total. The van der Waals surface area contributed by atoms with Gasteiger partial charge in [0.05, 0.1) is 13.1 Å². The number of carbonyl (C=O) groups excluding carboxylic acids is 2. The molecule has 0 aromatic carbocycles. The topological polar surface area (TPSA) is 69.6 Å². The zero-order valence-electron chi connectivity index (χ0n) is 9.69. The lowest BCUT2D eigenvalue weighted by Gasteiger charge is -2.49. The largest absolute Gasteiger partial charge is 0.386 e. The van der Waals surface area contributed by atoms with Crippen LogP contribution in [-0.4, -0.2) is 46.6 Å². The van der Waals surface area contributed by atoms with E-state index in [1.165, 1.54) is 0 Å². The van der Waals surface area contributed by atoms with E-state index < -0.39 is 5.60 Å². The van der Waals surface area contributed by atoms with Crippen LogP contribution in [0.15, 0.2) is 0 Å². The molecule has 2 rings (SSSR count). The Labute approximate surface area is 94.8 Å². The van der Waals surface area contributed by atoms with Gasteiger partial charge in [-0.25, -0.2) is 0 Å². The lowest BCUT2D eigenvalue weighted by molar-refractivity contribution is -0.165. The van der Waals surface area contributed by atoms with Crippen molar-refractivity contribution >= 4 is 11.8 Å². The minimum atomic E-state index is -0.738. The Morgan fingerprint density at radius 2 is 2.19 bits per heavy atom. The molecule has 5 heteroatoms. The number of nitrogens with zero attached hydrogens (tertiary/aromatic N) is 1. The monoisotopic (exact) mass is 226 g/mol. The minimum absolute atomic E-state index is 0.0574. The molecule has 0 spiro atoms. The molecular weight excluding hydrogens is 208 g/mol. The summed E-state index contributed by atoms with van der Waals surface area (Å²) >= 11 is 0. The molecule has 0 unspecified atom stereocenters. The van der Waals surface area contributed by atoms with Crippen molar-refractivity contribution in [1.29, 1.82) is 0 Å². The van der Waals surface area contributed by atoms with E-state index in [0.717, 1.165) is 0 Å². The number of aliphatic hydroxyl groups is 1. The van der Waals surface area contributed by atoms with Gasteiger partial charge in [0.15, 0.2) is 0 Å². The van der Waals surface area contributed by atoms with Crippen molar-refractivity contribution in [2.24, 2.45) is 5.92 Å². The number of carbonyl (C=O) groups is 2. The zero-order valence-corrected chi connectivity index (χ0v) is 9.69. The van der Waals surface area contributed by atoms with Crippen molar-refractivity contribution in [1.82, 2.24) is 10.2 Å². The fourth-order valence-corrected chi connectivity index (χ4v) is 2.16. The molecular formula is C11H18N2O3. The van der Waals surface area contributed by atoms with Crippen LogP contribution in [-0.2, 0) is 9.59 Å². The molecule has 90 valence electrons. The van der Waals surface area contributed by atoms with Gasteiger partial charge >= 0.3 is 0 Å². The number of amides is 2. The average molecular weight is 226 g/mol. The second kappa shape index (κ2) is 3.73. The highest BCUT2D eigenvalue weighted by Crippen LogP contribution is 2.29. The van der Waals surface area contributed by atoms with Gasteiger partial charge in [-0.15, -0.1) is 0 Å². The Kier molecular flexibility index (Phi) is 2.66. The van der Waals surface area contributed by atoms with Crippen LogP contribution in [0.1, 0.15) is 26.7 Å². The Morgan fingerprint density at radius 3 is 2.62 bits per heavy atom. The van der Waals surface area contributed by atoms with E-state index in [4.69, 9.17) is 0 Å². The van der Waals surface area contributed by atoms with E-state index >= 15 is 0 Å². The summed E-state index contributed by atoms with van der Waals surface area (Å²) in [5.74, 6) is 0.0314. The maximum atomic E-state index is 11.9. The number of hydrogen-bond donors (Lipinski definition) is 2. The first-order valence-corrected chi connectivity index (χ1v) is 5.73. The number of rotatable bonds is 2. The molecule has 16 heavy (non-hydrogen) atoms. The van der Waals surface area contributed by atoms with Crippen LogP contribution >= 0.6 is 0 Å². The summed E-state index contributed by atoms with van der Waals surface area (Å²) in [7, 11) is 0. The molecule has 1 atom stereocenters. The van der Waals surface area contributed by atoms with Crippen molar-refractivity contribution in [2.75, 3.05) is 13.1 Å². The Hall–Kier alpha value is -1.10. The van der Waals surface area contributed by atoms with Crippen molar-refractivity contribution in [3.8, 4) is 0 Å². The zero-order chi connectivity index (χ0) is 11.9. The predicted molar refractivity (Wildman–Crippen MR) is 57.5 cm³/mol. The van der Waals surface area contributed by atoms with Gasteiger partial charge < -0.3 is 15.3 Å². The van der Waals surface area contributed by atoms with E-state index in [9.17, 15) is 14.7 Å². The molecule has 2 aliphatic rings. The minimum Gasteiger partial charge on any atom is -0.386 e. The molecule has 2 N–H and O–H groups in total. The van der Waals surface area contributed by atoms with Gasteiger partial charge in [-0.2, -0.15) is 0 Å². The van der Waals surface area contributed by atoms with E-state index in [2.05, 4.69) is 5.32 Å². The van der Waals surface area contributed by atoms with Gasteiger partial charge in [0.25, 0.3) is 0 Å². The van der Waals surface area contributed by atoms with Crippen molar-refractivity contribution < 1.29 is 14.7 Å². The van der Waals surface area contributed by atoms with Crippen molar-refractivity contribution in [2.45, 2.75) is 38.3 Å². The Morgan fingerprint density at radius 1 is 1.56 bits per heavy atom. The third-order valence-corrected chi connectivity index (χ3v) is 3.61. The first-order valence-electron chi connectivity index (χ1n) is 5.73. The molecule has 0 radical (unpaired) electrons. The summed E-state index contributed by atoms with van der Waals surface area (Å²) in [5.41, 5.74) is -0.738. The lowest BCUT2D eigenvalue weighted by Crippen LogP contribution is -2.68. The van der Waals surface area contributed by atoms with Gasteiger partial charge in [-0.1, -0.05) is 13.8 Å². The summed E-state index contributed by atoms with van der Waals surface area (Å²) in [4.78, 5) is 24.5. The average Bonchev–Trinajstić information content (AvgIpc) is 2.58. The molecule has 0 saturated carbocycles. The quantitative estimate of drug-likeness (QED) is 0.666. The Bertz CT molecular complexity index is 321. The van der Waals surface area contributed by atoms with E-state index in [0.29, 0.717) is 25.9 Å². The maximum absolute atomic E-state index is 11.9. The number of likely N-dealkylation sites (tertiary alicyclic amines) is 1. The molecule has 0 aromatic heterocycles. The second-order valence-electron chi connectivity index (χ2n) is 5.11. The third kappa shape index (κ3) is 1.80. The highest BCUT2D eigenvalue weighted by molar-refractivity contribution is 5.91. The fourth-order valence-electron chi connectivity index (χ4n) is 2.16. The van der Waals surface area contributed by atoms with Crippen LogP contribution in [0.25, 0.3) is 0 Å². The summed E-state index contributed by atoms with van der Waals surface area (Å²) in [5, 5.41) is 12.7. The van der Waals surface area contributed by atoms with Gasteiger partial charge in [-0.3, -0.25) is 9.59 Å². The van der Waals surface area contributed by atoms with Gasteiger partial charge in [-0.05, 0) is 12.3 Å². The van der Waals surface area contributed by atoms with Crippen LogP contribution in [0.5, 0.6) is 0 Å². The molecule has 2 heterocycles. The molecule has 2 saturated heterocycles. The molecule has 2 fully saturated rings. The smallest absolute Gasteiger partial charge is 0.245 e. The normalized spacial score (nSPS) is 27.9. The second-order valence-corrected chi connectivity index (χ2v) is 5.11. The highest BCUT2D eigenvalue weighted by atomic mass is 16.3. The van der Waals surface area contributed by atoms with Crippen molar-refractivity contribution in [3.63, 3.8) is 0 Å². The molecule has 0 bridgehead atoms. The van der Waals surface area contributed by atoms with Crippen LogP contribution < -0.4 is 5.32 Å². The van der Waals surface area contributed by atoms with Crippen LogP contribution in [0, 0.1) is 5.92 Å². The molecule has 2 aliphatic heterocycles. The highest BCUT2D eigenvalue weighted by Gasteiger charge is 2.47. The van der Waals surface area contributed by atoms with Gasteiger partial charge in [0, 0.05) is 6.42 Å². The molecule has 0 aliphatic carbocycles. The molecule has 0 aromatic rings. The SMILES string of the molecule is CC(C)C1(O)CN(C(=O)[C@H]2CCC(=O)N2)C1. The Balaban J connectivity index is 1.88. The summed E-state index contributed by atoms with van der Waals surface area (Å²) in [6, 6.07) is -0.371. The summed E-state index contributed by atoms with van der Waals surface area (Å²) in [6.07, 6.45) is 1.01. The number of nitrogens with one attached hydrogen (secondary N) is 1. The van der Waals surface area contributed by atoms with Crippen molar-refractivity contribution in [3.05, 3.63) is 0 Å². The number of hydrogen-bond acceptors (Lipinski definition) is 3. The summed E-state index contributed by atoms with van der Waals surface area (Å²) < 4.78 is 0. The van der Waals surface area contributed by atoms with E-state index in [-0.39, 0.29) is 23.8 Å². The lowest BCUT2D eigenvalue weighted by atomic mass is 9.82. The van der Waals surface area contributed by atoms with Gasteiger partial charge in [0.1, 0.15) is 11.6 Å². The molecule has 2 amide bonds. The van der Waals surface area contributed by atoms with Crippen LogP contribution in [0.2, 0.25) is 0 Å². The van der Waals surface area contributed by atoms with E-state index in [1.807, 2.05) is 13.8 Å². The van der Waals surface area contributed by atoms with Gasteiger partial charge in [0.2, 0.25) is 11.8 Å².